The second-order valence-corrected chi connectivity index (χ2v) is 5.83. The molecule has 2 rings (SSSR count). The Hall–Kier alpha value is -0.880. The zero-order valence-electron chi connectivity index (χ0n) is 5.72. The van der Waals surface area contributed by atoms with E-state index in [2.05, 4.69) is 4.98 Å². The van der Waals surface area contributed by atoms with Gasteiger partial charge in [0.25, 0.3) is 8.87 Å². The zero-order chi connectivity index (χ0) is 8.77. The van der Waals surface area contributed by atoms with Crippen LogP contribution < -0.4 is 0 Å². The number of fused-ring (bicyclic) bond motifs is 1. The van der Waals surface area contributed by atoms with E-state index in [1.165, 1.54) is 18.3 Å². The SMILES string of the molecule is O=C1SS(=O)(=O)c2ncccc21. The largest absolute Gasteiger partial charge is 0.280 e. The second-order valence-electron chi connectivity index (χ2n) is 2.18. The minimum absolute atomic E-state index is 0.111. The van der Waals surface area contributed by atoms with E-state index in [1.807, 2.05) is 0 Å². The smallest absolute Gasteiger partial charge is 0.255 e. The average Bonchev–Trinajstić information content (AvgIpc) is 2.25. The number of aromatic nitrogens is 1. The van der Waals surface area contributed by atoms with Crippen molar-refractivity contribution in [1.29, 1.82) is 0 Å². The van der Waals surface area contributed by atoms with Crippen LogP contribution in [0, 0.1) is 0 Å². The molecule has 0 aliphatic carbocycles. The van der Waals surface area contributed by atoms with E-state index < -0.39 is 14.0 Å². The predicted molar refractivity (Wildman–Crippen MR) is 43.3 cm³/mol. The van der Waals surface area contributed by atoms with Crippen LogP contribution in [-0.4, -0.2) is 18.5 Å². The van der Waals surface area contributed by atoms with Gasteiger partial charge in [0, 0.05) is 6.20 Å². The van der Waals surface area contributed by atoms with Gasteiger partial charge in [-0.1, -0.05) is 0 Å². The van der Waals surface area contributed by atoms with Gasteiger partial charge in [0.1, 0.15) is 0 Å². The second kappa shape index (κ2) is 2.30. The Kier molecular flexibility index (Phi) is 1.49. The predicted octanol–water partition coefficient (Wildman–Crippen LogP) is 0.657. The van der Waals surface area contributed by atoms with E-state index in [0.29, 0.717) is 10.8 Å². The molecule has 0 saturated heterocycles. The molecule has 0 spiro atoms. The Bertz CT molecular complexity index is 452. The fourth-order valence-electron chi connectivity index (χ4n) is 0.929. The molecule has 6 heteroatoms. The molecule has 0 atom stereocenters. The molecule has 0 fully saturated rings. The molecule has 0 N–H and O–H groups in total. The first-order valence-electron chi connectivity index (χ1n) is 3.05. The third-order valence-electron chi connectivity index (χ3n) is 1.41. The fourth-order valence-corrected chi connectivity index (χ4v) is 3.65. The van der Waals surface area contributed by atoms with Crippen molar-refractivity contribution in [3.63, 3.8) is 0 Å². The number of carbonyl (C=O) groups excluding carboxylic acids is 1. The Morgan fingerprint density at radius 2 is 2.17 bits per heavy atom. The van der Waals surface area contributed by atoms with Gasteiger partial charge in [-0.2, -0.15) is 0 Å². The Morgan fingerprint density at radius 1 is 1.42 bits per heavy atom. The maximum Gasteiger partial charge on any atom is 0.255 e. The van der Waals surface area contributed by atoms with Crippen molar-refractivity contribution in [2.24, 2.45) is 0 Å². The van der Waals surface area contributed by atoms with Crippen LogP contribution in [0.25, 0.3) is 0 Å². The topological polar surface area (TPSA) is 64.1 Å². The first-order chi connectivity index (χ1) is 5.61. The van der Waals surface area contributed by atoms with E-state index in [-0.39, 0.29) is 10.6 Å². The van der Waals surface area contributed by atoms with Crippen molar-refractivity contribution in [2.75, 3.05) is 0 Å². The van der Waals surface area contributed by atoms with E-state index in [1.54, 1.807) is 0 Å². The Balaban J connectivity index is 2.83. The molecule has 62 valence electrons. The van der Waals surface area contributed by atoms with Gasteiger partial charge in [-0.25, -0.2) is 13.4 Å². The monoisotopic (exact) mass is 201 g/mol. The van der Waals surface area contributed by atoms with Crippen LogP contribution in [-0.2, 0) is 8.87 Å². The van der Waals surface area contributed by atoms with Crippen LogP contribution in [0.5, 0.6) is 0 Å². The Labute approximate surface area is 72.3 Å². The molecule has 12 heavy (non-hydrogen) atoms. The van der Waals surface area contributed by atoms with Gasteiger partial charge in [-0.3, -0.25) is 4.79 Å². The van der Waals surface area contributed by atoms with Crippen LogP contribution in [0.3, 0.4) is 0 Å². The standard InChI is InChI=1S/C6H3NO3S2/c8-6-4-2-1-3-7-5(4)12(9,10)11-6/h1-3H. The van der Waals surface area contributed by atoms with Crippen LogP contribution in [0.1, 0.15) is 10.4 Å². The summed E-state index contributed by atoms with van der Waals surface area (Å²) in [4.78, 5) is 14.7. The van der Waals surface area contributed by atoms with Crippen molar-refractivity contribution in [3.8, 4) is 0 Å². The molecule has 4 nitrogen and oxygen atoms in total. The van der Waals surface area contributed by atoms with Crippen LogP contribution in [0.4, 0.5) is 0 Å². The highest BCUT2D eigenvalue weighted by molar-refractivity contribution is 8.78. The van der Waals surface area contributed by atoms with Crippen molar-refractivity contribution in [1.82, 2.24) is 4.98 Å². The number of pyridine rings is 1. The van der Waals surface area contributed by atoms with Gasteiger partial charge in [-0.05, 0) is 12.1 Å². The van der Waals surface area contributed by atoms with E-state index >= 15 is 0 Å². The van der Waals surface area contributed by atoms with Crippen LogP contribution >= 0.6 is 10.8 Å². The van der Waals surface area contributed by atoms with Gasteiger partial charge in [-0.15, -0.1) is 0 Å². The van der Waals surface area contributed by atoms with Gasteiger partial charge in [0.05, 0.1) is 16.4 Å². The van der Waals surface area contributed by atoms with Gasteiger partial charge in [0.15, 0.2) is 5.03 Å². The zero-order valence-corrected chi connectivity index (χ0v) is 7.35. The molecule has 0 aromatic carbocycles. The lowest BCUT2D eigenvalue weighted by molar-refractivity contribution is 0.108. The molecule has 1 aliphatic heterocycles. The third kappa shape index (κ3) is 0.953. The summed E-state index contributed by atoms with van der Waals surface area (Å²) in [5.74, 6) is 0. The molecule has 0 unspecified atom stereocenters. The van der Waals surface area contributed by atoms with Crippen molar-refractivity contribution in [3.05, 3.63) is 23.9 Å². The number of hydrogen-bond donors (Lipinski definition) is 0. The lowest BCUT2D eigenvalue weighted by Gasteiger charge is -1.90. The number of nitrogens with zero attached hydrogens (tertiary/aromatic N) is 1. The van der Waals surface area contributed by atoms with E-state index in [0.717, 1.165) is 0 Å². The summed E-state index contributed by atoms with van der Waals surface area (Å²) in [5, 5.41) is -0.557. The summed E-state index contributed by atoms with van der Waals surface area (Å²) in [5.41, 5.74) is 0.183. The van der Waals surface area contributed by atoms with Crippen LogP contribution in [0.2, 0.25) is 0 Å². The lowest BCUT2D eigenvalue weighted by Crippen LogP contribution is -1.93. The van der Waals surface area contributed by atoms with E-state index in [9.17, 15) is 13.2 Å². The lowest BCUT2D eigenvalue weighted by atomic mass is 10.3. The average molecular weight is 201 g/mol. The molecular weight excluding hydrogens is 198 g/mol. The van der Waals surface area contributed by atoms with Gasteiger partial charge < -0.3 is 0 Å². The summed E-state index contributed by atoms with van der Waals surface area (Å²) in [6, 6.07) is 3.00. The van der Waals surface area contributed by atoms with Gasteiger partial charge in [0.2, 0.25) is 5.12 Å². The minimum atomic E-state index is -3.50. The molecule has 1 aromatic heterocycles. The molecule has 1 aliphatic rings. The summed E-state index contributed by atoms with van der Waals surface area (Å²) < 4.78 is 22.3. The summed E-state index contributed by atoms with van der Waals surface area (Å²) in [7, 11) is -3.18. The molecule has 1 aromatic rings. The molecular formula is C6H3NO3S2. The maximum absolute atomic E-state index is 11.1. The van der Waals surface area contributed by atoms with Gasteiger partial charge >= 0.3 is 0 Å². The highest BCUT2D eigenvalue weighted by Gasteiger charge is 2.35. The first kappa shape index (κ1) is 7.75. The molecule has 0 saturated carbocycles. The summed E-state index contributed by atoms with van der Waals surface area (Å²) in [6.07, 6.45) is 1.36. The van der Waals surface area contributed by atoms with Crippen molar-refractivity contribution >= 4 is 24.8 Å². The number of rotatable bonds is 0. The van der Waals surface area contributed by atoms with Crippen molar-refractivity contribution in [2.45, 2.75) is 5.03 Å². The van der Waals surface area contributed by atoms with E-state index in [4.69, 9.17) is 0 Å². The number of hydrogen-bond acceptors (Lipinski definition) is 5. The van der Waals surface area contributed by atoms with Crippen LogP contribution in [0.15, 0.2) is 23.4 Å². The molecule has 0 radical (unpaired) electrons. The van der Waals surface area contributed by atoms with Crippen molar-refractivity contribution < 1.29 is 13.2 Å². The Morgan fingerprint density at radius 3 is 2.83 bits per heavy atom. The molecule has 0 amide bonds. The quantitative estimate of drug-likeness (QED) is 0.577. The summed E-state index contributed by atoms with van der Waals surface area (Å²) >= 11 is 0. The molecule has 2 heterocycles. The number of carbonyl (C=O) groups is 1. The highest BCUT2D eigenvalue weighted by atomic mass is 33.1. The highest BCUT2D eigenvalue weighted by Crippen LogP contribution is 2.35. The first-order valence-corrected chi connectivity index (χ1v) is 5.87. The third-order valence-corrected chi connectivity index (χ3v) is 4.39. The fraction of sp³-hybridized carbons (Fsp3) is 0. The minimum Gasteiger partial charge on any atom is -0.280 e. The maximum atomic E-state index is 11.1. The summed E-state index contributed by atoms with van der Waals surface area (Å²) in [6.45, 7) is 0. The molecule has 0 bridgehead atoms. The normalized spacial score (nSPS) is 19.2.